The number of ether oxygens (including phenoxy) is 1. The molecule has 124 valence electrons. The van der Waals surface area contributed by atoms with Crippen molar-refractivity contribution >= 4 is 11.8 Å². The summed E-state index contributed by atoms with van der Waals surface area (Å²) in [5.41, 5.74) is 3.27. The SMILES string of the molecule is C=CCNC(CC(=O)OCC)C(=O)c1ccc2c(c1)CCCC2. The number of hydrogen-bond acceptors (Lipinski definition) is 4. The summed E-state index contributed by atoms with van der Waals surface area (Å²) in [6.45, 7) is 6.20. The molecule has 1 unspecified atom stereocenters. The van der Waals surface area contributed by atoms with Gasteiger partial charge in [-0.1, -0.05) is 18.2 Å². The second-order valence-electron chi connectivity index (χ2n) is 5.81. The van der Waals surface area contributed by atoms with Gasteiger partial charge in [-0.2, -0.15) is 0 Å². The second kappa shape index (κ2) is 8.63. The van der Waals surface area contributed by atoms with Crippen molar-refractivity contribution in [3.8, 4) is 0 Å². The number of nitrogens with one attached hydrogen (secondary N) is 1. The van der Waals surface area contributed by atoms with E-state index < -0.39 is 6.04 Å². The zero-order valence-corrected chi connectivity index (χ0v) is 13.8. The van der Waals surface area contributed by atoms with Crippen LogP contribution in [0, 0.1) is 0 Å². The Morgan fingerprint density at radius 1 is 1.30 bits per heavy atom. The molecule has 0 radical (unpaired) electrons. The number of carbonyl (C=O) groups excluding carboxylic acids is 2. The lowest BCUT2D eigenvalue weighted by atomic mass is 9.88. The predicted octanol–water partition coefficient (Wildman–Crippen LogP) is 2.85. The first-order valence-corrected chi connectivity index (χ1v) is 8.31. The van der Waals surface area contributed by atoms with E-state index in [1.165, 1.54) is 24.0 Å². The zero-order valence-electron chi connectivity index (χ0n) is 13.8. The molecule has 0 spiro atoms. The highest BCUT2D eigenvalue weighted by atomic mass is 16.5. The van der Waals surface area contributed by atoms with Gasteiger partial charge in [-0.3, -0.25) is 9.59 Å². The number of benzene rings is 1. The second-order valence-corrected chi connectivity index (χ2v) is 5.81. The summed E-state index contributed by atoms with van der Waals surface area (Å²) in [5.74, 6) is -0.423. The van der Waals surface area contributed by atoms with Crippen molar-refractivity contribution in [2.24, 2.45) is 0 Å². The molecule has 0 fully saturated rings. The van der Waals surface area contributed by atoms with Crippen LogP contribution in [-0.2, 0) is 22.4 Å². The highest BCUT2D eigenvalue weighted by molar-refractivity contribution is 6.02. The minimum Gasteiger partial charge on any atom is -0.466 e. The van der Waals surface area contributed by atoms with Crippen LogP contribution in [0.1, 0.15) is 47.7 Å². The molecule has 1 aromatic carbocycles. The Kier molecular flexibility index (Phi) is 6.53. The lowest BCUT2D eigenvalue weighted by Gasteiger charge is -2.19. The summed E-state index contributed by atoms with van der Waals surface area (Å²) in [4.78, 5) is 24.5. The average Bonchev–Trinajstić information content (AvgIpc) is 2.57. The maximum absolute atomic E-state index is 12.8. The molecule has 0 aliphatic heterocycles. The fourth-order valence-electron chi connectivity index (χ4n) is 2.96. The molecule has 0 heterocycles. The lowest BCUT2D eigenvalue weighted by molar-refractivity contribution is -0.143. The van der Waals surface area contributed by atoms with Crippen molar-refractivity contribution in [1.82, 2.24) is 5.32 Å². The van der Waals surface area contributed by atoms with E-state index in [1.807, 2.05) is 12.1 Å². The van der Waals surface area contributed by atoms with Gasteiger partial charge in [0.2, 0.25) is 0 Å². The summed E-state index contributed by atoms with van der Waals surface area (Å²) in [6.07, 6.45) is 6.22. The molecule has 0 saturated heterocycles. The highest BCUT2D eigenvalue weighted by Gasteiger charge is 2.24. The molecule has 0 amide bonds. The minimum atomic E-state index is -0.575. The Labute approximate surface area is 137 Å². The van der Waals surface area contributed by atoms with Gasteiger partial charge in [0.15, 0.2) is 5.78 Å². The predicted molar refractivity (Wildman–Crippen MR) is 90.7 cm³/mol. The molecule has 1 aliphatic carbocycles. The van der Waals surface area contributed by atoms with Crippen LogP contribution < -0.4 is 5.32 Å². The topological polar surface area (TPSA) is 55.4 Å². The molecule has 0 bridgehead atoms. The monoisotopic (exact) mass is 315 g/mol. The molecule has 1 aliphatic rings. The molecule has 1 aromatic rings. The van der Waals surface area contributed by atoms with Gasteiger partial charge in [0.1, 0.15) is 0 Å². The standard InChI is InChI=1S/C19H25NO3/c1-3-11-20-17(13-18(21)23-4-2)19(22)16-10-9-14-7-5-6-8-15(14)12-16/h3,9-10,12,17,20H,1,4-8,11,13H2,2H3. The molecule has 0 saturated carbocycles. The average molecular weight is 315 g/mol. The first-order valence-electron chi connectivity index (χ1n) is 8.31. The third-order valence-corrected chi connectivity index (χ3v) is 4.13. The number of fused-ring (bicyclic) bond motifs is 1. The Morgan fingerprint density at radius 3 is 2.74 bits per heavy atom. The number of carbonyl (C=O) groups is 2. The van der Waals surface area contributed by atoms with E-state index in [4.69, 9.17) is 4.74 Å². The molecular weight excluding hydrogens is 290 g/mol. The molecule has 4 nitrogen and oxygen atoms in total. The first kappa shape index (κ1) is 17.4. The van der Waals surface area contributed by atoms with Gasteiger partial charge in [0.05, 0.1) is 19.1 Å². The molecule has 1 N–H and O–H groups in total. The van der Waals surface area contributed by atoms with E-state index in [2.05, 4.69) is 18.0 Å². The van der Waals surface area contributed by atoms with Gasteiger partial charge in [-0.05, 0) is 49.8 Å². The Bertz CT molecular complexity index is 580. The Balaban J connectivity index is 2.14. The van der Waals surface area contributed by atoms with Crippen molar-refractivity contribution in [2.75, 3.05) is 13.2 Å². The number of Topliss-reactive ketones (excluding diaryl/α,β-unsaturated/α-hetero) is 1. The van der Waals surface area contributed by atoms with E-state index in [-0.39, 0.29) is 18.2 Å². The van der Waals surface area contributed by atoms with Crippen LogP contribution >= 0.6 is 0 Å². The van der Waals surface area contributed by atoms with E-state index in [9.17, 15) is 9.59 Å². The van der Waals surface area contributed by atoms with Crippen LogP contribution in [0.15, 0.2) is 30.9 Å². The minimum absolute atomic E-state index is 0.0393. The van der Waals surface area contributed by atoms with E-state index in [1.54, 1.807) is 13.0 Å². The normalized spacial score (nSPS) is 14.7. The van der Waals surface area contributed by atoms with Crippen LogP contribution in [0.25, 0.3) is 0 Å². The van der Waals surface area contributed by atoms with Gasteiger partial charge >= 0.3 is 5.97 Å². The van der Waals surface area contributed by atoms with E-state index in [0.29, 0.717) is 18.7 Å². The molecular formula is C19H25NO3. The smallest absolute Gasteiger partial charge is 0.307 e. The first-order chi connectivity index (χ1) is 11.2. The summed E-state index contributed by atoms with van der Waals surface area (Å²) < 4.78 is 4.97. The Morgan fingerprint density at radius 2 is 2.04 bits per heavy atom. The van der Waals surface area contributed by atoms with Crippen molar-refractivity contribution in [3.05, 3.63) is 47.5 Å². The largest absolute Gasteiger partial charge is 0.466 e. The van der Waals surface area contributed by atoms with Gasteiger partial charge in [0.25, 0.3) is 0 Å². The number of esters is 1. The summed E-state index contributed by atoms with van der Waals surface area (Å²) in [5, 5.41) is 3.07. The number of rotatable bonds is 8. The van der Waals surface area contributed by atoms with E-state index >= 15 is 0 Å². The van der Waals surface area contributed by atoms with Crippen molar-refractivity contribution in [1.29, 1.82) is 0 Å². The molecule has 2 rings (SSSR count). The molecule has 23 heavy (non-hydrogen) atoms. The summed E-state index contributed by atoms with van der Waals surface area (Å²) >= 11 is 0. The third kappa shape index (κ3) is 4.76. The number of hydrogen-bond donors (Lipinski definition) is 1. The maximum atomic E-state index is 12.8. The third-order valence-electron chi connectivity index (χ3n) is 4.13. The fraction of sp³-hybridized carbons (Fsp3) is 0.474. The van der Waals surface area contributed by atoms with Crippen molar-refractivity contribution in [2.45, 2.75) is 45.1 Å². The maximum Gasteiger partial charge on any atom is 0.307 e. The van der Waals surface area contributed by atoms with Crippen LogP contribution in [-0.4, -0.2) is 30.9 Å². The van der Waals surface area contributed by atoms with Crippen LogP contribution in [0.2, 0.25) is 0 Å². The van der Waals surface area contributed by atoms with Crippen LogP contribution in [0.4, 0.5) is 0 Å². The summed E-state index contributed by atoms with van der Waals surface area (Å²) in [6, 6.07) is 5.34. The van der Waals surface area contributed by atoms with E-state index in [0.717, 1.165) is 12.8 Å². The highest BCUT2D eigenvalue weighted by Crippen LogP contribution is 2.23. The summed E-state index contributed by atoms with van der Waals surface area (Å²) in [7, 11) is 0. The molecule has 0 aromatic heterocycles. The van der Waals surface area contributed by atoms with Gasteiger partial charge in [-0.15, -0.1) is 6.58 Å². The van der Waals surface area contributed by atoms with Gasteiger partial charge < -0.3 is 10.1 Å². The van der Waals surface area contributed by atoms with Crippen molar-refractivity contribution in [3.63, 3.8) is 0 Å². The molecule has 1 atom stereocenters. The van der Waals surface area contributed by atoms with Crippen molar-refractivity contribution < 1.29 is 14.3 Å². The fourth-order valence-corrected chi connectivity index (χ4v) is 2.96. The lowest BCUT2D eigenvalue weighted by Crippen LogP contribution is -2.39. The number of ketones is 1. The Hall–Kier alpha value is -1.94. The quantitative estimate of drug-likeness (QED) is 0.455. The van der Waals surface area contributed by atoms with Crippen LogP contribution in [0.5, 0.6) is 0 Å². The van der Waals surface area contributed by atoms with Gasteiger partial charge in [0, 0.05) is 12.1 Å². The molecule has 4 heteroatoms. The number of aryl methyl sites for hydroxylation is 2. The zero-order chi connectivity index (χ0) is 16.7. The van der Waals surface area contributed by atoms with Gasteiger partial charge in [-0.25, -0.2) is 0 Å². The van der Waals surface area contributed by atoms with Crippen LogP contribution in [0.3, 0.4) is 0 Å².